The van der Waals surface area contributed by atoms with Crippen molar-refractivity contribution in [3.05, 3.63) is 34.9 Å². The number of amides is 1. The van der Waals surface area contributed by atoms with E-state index in [1.165, 1.54) is 5.56 Å². The molecule has 1 aliphatic heterocycles. The van der Waals surface area contributed by atoms with Crippen LogP contribution in [0.2, 0.25) is 0 Å². The van der Waals surface area contributed by atoms with Crippen LogP contribution in [0.4, 0.5) is 0 Å². The molecule has 3 nitrogen and oxygen atoms in total. The summed E-state index contributed by atoms with van der Waals surface area (Å²) in [7, 11) is 0. The van der Waals surface area contributed by atoms with Crippen LogP contribution in [0.3, 0.4) is 0 Å². The topological polar surface area (TPSA) is 46.3 Å². The number of piperidine rings is 1. The molecule has 1 atom stereocenters. The number of carbonyl (C=O) groups is 1. The maximum absolute atomic E-state index is 12.3. The first-order chi connectivity index (χ1) is 8.08. The Hall–Kier alpha value is -1.06. The number of rotatable bonds is 1. The summed E-state index contributed by atoms with van der Waals surface area (Å²) in [5.74, 6) is 0.123. The third-order valence-electron chi connectivity index (χ3n) is 3.36. The van der Waals surface area contributed by atoms with Gasteiger partial charge in [0, 0.05) is 24.7 Å². The molecule has 1 aromatic rings. The van der Waals surface area contributed by atoms with Gasteiger partial charge in [-0.25, -0.2) is 0 Å². The molecule has 1 aliphatic rings. The Bertz CT molecular complexity index is 434. The second kappa shape index (κ2) is 6.21. The number of carbonyl (C=O) groups excluding carboxylic acids is 1. The third-order valence-corrected chi connectivity index (χ3v) is 3.36. The van der Waals surface area contributed by atoms with Crippen LogP contribution in [0.15, 0.2) is 18.2 Å². The highest BCUT2D eigenvalue weighted by Gasteiger charge is 2.23. The van der Waals surface area contributed by atoms with Gasteiger partial charge in [-0.2, -0.15) is 0 Å². The lowest BCUT2D eigenvalue weighted by Gasteiger charge is -2.31. The Morgan fingerprint density at radius 1 is 1.39 bits per heavy atom. The minimum atomic E-state index is 0. The van der Waals surface area contributed by atoms with E-state index in [4.69, 9.17) is 5.73 Å². The van der Waals surface area contributed by atoms with Gasteiger partial charge in [-0.1, -0.05) is 17.7 Å². The van der Waals surface area contributed by atoms with Crippen LogP contribution in [0.25, 0.3) is 0 Å². The molecule has 2 N–H and O–H groups in total. The normalized spacial score (nSPS) is 19.3. The quantitative estimate of drug-likeness (QED) is 0.849. The Balaban J connectivity index is 0.00000162. The van der Waals surface area contributed by atoms with E-state index in [9.17, 15) is 4.79 Å². The van der Waals surface area contributed by atoms with Crippen molar-refractivity contribution in [1.29, 1.82) is 0 Å². The number of nitrogens with two attached hydrogens (primary N) is 1. The molecule has 1 heterocycles. The average molecular weight is 269 g/mol. The highest BCUT2D eigenvalue weighted by molar-refractivity contribution is 5.95. The summed E-state index contributed by atoms with van der Waals surface area (Å²) in [6.45, 7) is 5.55. The van der Waals surface area contributed by atoms with Crippen molar-refractivity contribution in [3.8, 4) is 0 Å². The van der Waals surface area contributed by atoms with Crippen LogP contribution in [-0.2, 0) is 0 Å². The first-order valence-corrected chi connectivity index (χ1v) is 6.20. The van der Waals surface area contributed by atoms with Crippen LogP contribution in [0.5, 0.6) is 0 Å². The van der Waals surface area contributed by atoms with Crippen molar-refractivity contribution in [2.45, 2.75) is 32.7 Å². The van der Waals surface area contributed by atoms with E-state index in [0.717, 1.165) is 30.5 Å². The van der Waals surface area contributed by atoms with Gasteiger partial charge in [0.05, 0.1) is 0 Å². The predicted molar refractivity (Wildman–Crippen MR) is 76.3 cm³/mol. The summed E-state index contributed by atoms with van der Waals surface area (Å²) in [6.07, 6.45) is 2.04. The third kappa shape index (κ3) is 3.24. The minimum Gasteiger partial charge on any atom is -0.337 e. The van der Waals surface area contributed by atoms with Gasteiger partial charge in [0.25, 0.3) is 5.91 Å². The molecule has 1 saturated heterocycles. The highest BCUT2D eigenvalue weighted by Crippen LogP contribution is 2.16. The van der Waals surface area contributed by atoms with E-state index in [0.29, 0.717) is 6.54 Å². The zero-order valence-corrected chi connectivity index (χ0v) is 11.8. The lowest BCUT2D eigenvalue weighted by atomic mass is 10.0. The van der Waals surface area contributed by atoms with Crippen LogP contribution >= 0.6 is 12.4 Å². The number of nitrogens with zero attached hydrogens (tertiary/aromatic N) is 1. The average Bonchev–Trinajstić information content (AvgIpc) is 2.28. The van der Waals surface area contributed by atoms with Crippen molar-refractivity contribution in [2.24, 2.45) is 5.73 Å². The SMILES string of the molecule is Cc1ccc(C(=O)N2CCC[C@@H](N)C2)c(C)c1.Cl. The molecule has 0 bridgehead atoms. The molecule has 100 valence electrons. The Morgan fingerprint density at radius 2 is 2.11 bits per heavy atom. The molecular weight excluding hydrogens is 248 g/mol. The molecule has 0 aliphatic carbocycles. The predicted octanol–water partition coefficient (Wildman–Crippen LogP) is 2.29. The van der Waals surface area contributed by atoms with E-state index in [2.05, 4.69) is 6.07 Å². The summed E-state index contributed by atoms with van der Waals surface area (Å²) in [4.78, 5) is 14.2. The molecule has 2 rings (SSSR count). The van der Waals surface area contributed by atoms with Gasteiger partial charge in [-0.05, 0) is 38.3 Å². The molecule has 0 saturated carbocycles. The Morgan fingerprint density at radius 3 is 2.72 bits per heavy atom. The van der Waals surface area contributed by atoms with E-state index < -0.39 is 0 Å². The maximum Gasteiger partial charge on any atom is 0.254 e. The van der Waals surface area contributed by atoms with Gasteiger partial charge in [0.1, 0.15) is 0 Å². The molecule has 0 radical (unpaired) electrons. The van der Waals surface area contributed by atoms with Crippen molar-refractivity contribution in [1.82, 2.24) is 4.90 Å². The fourth-order valence-corrected chi connectivity index (χ4v) is 2.42. The molecule has 18 heavy (non-hydrogen) atoms. The van der Waals surface area contributed by atoms with Crippen LogP contribution in [-0.4, -0.2) is 29.9 Å². The van der Waals surface area contributed by atoms with Gasteiger partial charge in [-0.3, -0.25) is 4.79 Å². The van der Waals surface area contributed by atoms with Gasteiger partial charge < -0.3 is 10.6 Å². The van der Waals surface area contributed by atoms with E-state index in [-0.39, 0.29) is 24.4 Å². The van der Waals surface area contributed by atoms with E-state index >= 15 is 0 Å². The molecule has 0 spiro atoms. The minimum absolute atomic E-state index is 0. The van der Waals surface area contributed by atoms with Gasteiger partial charge in [0.2, 0.25) is 0 Å². The fourth-order valence-electron chi connectivity index (χ4n) is 2.42. The van der Waals surface area contributed by atoms with Gasteiger partial charge in [0.15, 0.2) is 0 Å². The number of hydrogen-bond donors (Lipinski definition) is 1. The van der Waals surface area contributed by atoms with Crippen LogP contribution in [0.1, 0.15) is 34.3 Å². The lowest BCUT2D eigenvalue weighted by molar-refractivity contribution is 0.0708. The fraction of sp³-hybridized carbons (Fsp3) is 0.500. The molecule has 0 aromatic heterocycles. The summed E-state index contributed by atoms with van der Waals surface area (Å²) in [5, 5.41) is 0. The smallest absolute Gasteiger partial charge is 0.254 e. The Kier molecular flexibility index (Phi) is 5.17. The zero-order valence-electron chi connectivity index (χ0n) is 11.0. The highest BCUT2D eigenvalue weighted by atomic mass is 35.5. The molecule has 4 heteroatoms. The number of halogens is 1. The molecule has 1 aromatic carbocycles. The molecule has 1 fully saturated rings. The van der Waals surface area contributed by atoms with Crippen LogP contribution in [0, 0.1) is 13.8 Å². The molecule has 1 amide bonds. The summed E-state index contributed by atoms with van der Waals surface area (Å²) in [5.41, 5.74) is 8.96. The standard InChI is InChI=1S/C14H20N2O.ClH/c1-10-5-6-13(11(2)8-10)14(17)16-7-3-4-12(15)9-16;/h5-6,8,12H,3-4,7,9,15H2,1-2H3;1H/t12-;/m1./s1. The van der Waals surface area contributed by atoms with E-state index in [1.54, 1.807) is 0 Å². The van der Waals surface area contributed by atoms with Gasteiger partial charge in [-0.15, -0.1) is 12.4 Å². The summed E-state index contributed by atoms with van der Waals surface area (Å²) < 4.78 is 0. The number of likely N-dealkylation sites (tertiary alicyclic amines) is 1. The summed E-state index contributed by atoms with van der Waals surface area (Å²) >= 11 is 0. The van der Waals surface area contributed by atoms with Crippen LogP contribution < -0.4 is 5.73 Å². The lowest BCUT2D eigenvalue weighted by Crippen LogP contribution is -2.45. The second-order valence-corrected chi connectivity index (χ2v) is 4.97. The first kappa shape index (κ1) is 15.0. The second-order valence-electron chi connectivity index (χ2n) is 4.97. The van der Waals surface area contributed by atoms with Crippen molar-refractivity contribution >= 4 is 18.3 Å². The van der Waals surface area contributed by atoms with Gasteiger partial charge >= 0.3 is 0 Å². The Labute approximate surface area is 115 Å². The monoisotopic (exact) mass is 268 g/mol. The first-order valence-electron chi connectivity index (χ1n) is 6.20. The van der Waals surface area contributed by atoms with Crippen molar-refractivity contribution < 1.29 is 4.79 Å². The zero-order chi connectivity index (χ0) is 12.4. The van der Waals surface area contributed by atoms with Crippen molar-refractivity contribution in [3.63, 3.8) is 0 Å². The molecule has 0 unspecified atom stereocenters. The number of aryl methyl sites for hydroxylation is 2. The largest absolute Gasteiger partial charge is 0.337 e. The number of hydrogen-bond acceptors (Lipinski definition) is 2. The summed E-state index contributed by atoms with van der Waals surface area (Å²) in [6, 6.07) is 6.10. The van der Waals surface area contributed by atoms with E-state index in [1.807, 2.05) is 30.9 Å². The number of benzene rings is 1. The molecular formula is C14H21ClN2O. The van der Waals surface area contributed by atoms with Crippen molar-refractivity contribution in [2.75, 3.05) is 13.1 Å². The maximum atomic E-state index is 12.3.